The van der Waals surface area contributed by atoms with Crippen LogP contribution in [0.5, 0.6) is 0 Å². The monoisotopic (exact) mass is 324 g/mol. The van der Waals surface area contributed by atoms with Crippen molar-refractivity contribution in [1.29, 1.82) is 0 Å². The fourth-order valence-electron chi connectivity index (χ4n) is 4.75. The smallest absolute Gasteiger partial charge is 0.0579 e. The molecule has 4 fully saturated rings. The van der Waals surface area contributed by atoms with Crippen LogP contribution < -0.4 is 16.3 Å². The first kappa shape index (κ1) is 16.2. The molecule has 0 aromatic carbocycles. The van der Waals surface area contributed by atoms with E-state index in [1.54, 1.807) is 0 Å². The Labute approximate surface area is 139 Å². The molecule has 3 saturated heterocycles. The van der Waals surface area contributed by atoms with Gasteiger partial charge in [0.1, 0.15) is 0 Å². The van der Waals surface area contributed by atoms with Gasteiger partial charge in [0, 0.05) is 50.8 Å². The van der Waals surface area contributed by atoms with Gasteiger partial charge < -0.3 is 9.47 Å². The standard InChI is InChI=1S/C17H32N4O2/c1-12-5-6-21-11-13(10-18-21)17-15-9-14(23-8-2-7-22-12)3-4-16(15)19-20-17/h12-20H,2-11H2,1H3/t12-,13?,14?,15?,16?,17?/m0/s1. The SMILES string of the molecule is C[C@H]1CCN2CC(CN2)C2NNC3CCC(CC32)OCCCO1. The molecule has 7 atom stereocenters. The third kappa shape index (κ3) is 3.72. The molecule has 0 aromatic rings. The van der Waals surface area contributed by atoms with Crippen LogP contribution in [-0.4, -0.2) is 62.1 Å². The second-order valence-electron chi connectivity index (χ2n) is 7.78. The van der Waals surface area contributed by atoms with Gasteiger partial charge in [0.2, 0.25) is 0 Å². The van der Waals surface area contributed by atoms with E-state index in [-0.39, 0.29) is 0 Å². The van der Waals surface area contributed by atoms with Gasteiger partial charge in [-0.15, -0.1) is 0 Å². The van der Waals surface area contributed by atoms with Gasteiger partial charge in [-0.1, -0.05) is 0 Å². The van der Waals surface area contributed by atoms with Gasteiger partial charge in [-0.25, -0.2) is 5.01 Å². The van der Waals surface area contributed by atoms with Gasteiger partial charge in [-0.2, -0.15) is 0 Å². The van der Waals surface area contributed by atoms with Crippen LogP contribution in [0.2, 0.25) is 0 Å². The minimum Gasteiger partial charge on any atom is -0.378 e. The van der Waals surface area contributed by atoms with Crippen molar-refractivity contribution in [2.45, 2.75) is 63.3 Å². The summed E-state index contributed by atoms with van der Waals surface area (Å²) in [4.78, 5) is 0. The van der Waals surface area contributed by atoms with Crippen LogP contribution in [0, 0.1) is 11.8 Å². The summed E-state index contributed by atoms with van der Waals surface area (Å²) in [5, 5.41) is 2.40. The topological polar surface area (TPSA) is 57.8 Å². The van der Waals surface area contributed by atoms with Crippen molar-refractivity contribution in [3.05, 3.63) is 0 Å². The van der Waals surface area contributed by atoms with E-state index < -0.39 is 0 Å². The molecule has 1 aliphatic carbocycles. The third-order valence-corrected chi connectivity index (χ3v) is 6.14. The molecule has 132 valence electrons. The largest absolute Gasteiger partial charge is 0.378 e. The van der Waals surface area contributed by atoms with Gasteiger partial charge in [0.25, 0.3) is 0 Å². The van der Waals surface area contributed by atoms with Crippen molar-refractivity contribution < 1.29 is 9.47 Å². The van der Waals surface area contributed by atoms with Crippen molar-refractivity contribution in [3.8, 4) is 0 Å². The van der Waals surface area contributed by atoms with Crippen LogP contribution in [0.15, 0.2) is 0 Å². The average molecular weight is 324 g/mol. The van der Waals surface area contributed by atoms with Gasteiger partial charge in [0.15, 0.2) is 0 Å². The van der Waals surface area contributed by atoms with E-state index >= 15 is 0 Å². The summed E-state index contributed by atoms with van der Waals surface area (Å²) in [7, 11) is 0. The molecule has 4 aliphatic rings. The first-order valence-corrected chi connectivity index (χ1v) is 9.52. The van der Waals surface area contributed by atoms with Crippen molar-refractivity contribution in [2.75, 3.05) is 32.8 Å². The molecule has 0 aromatic heterocycles. The van der Waals surface area contributed by atoms with E-state index in [0.717, 1.165) is 45.7 Å². The number of nitrogens with one attached hydrogen (secondary N) is 3. The molecule has 3 aliphatic heterocycles. The fraction of sp³-hybridized carbons (Fsp3) is 1.00. The highest BCUT2D eigenvalue weighted by Gasteiger charge is 2.45. The van der Waals surface area contributed by atoms with E-state index in [4.69, 9.17) is 9.47 Å². The number of rotatable bonds is 0. The highest BCUT2D eigenvalue weighted by Crippen LogP contribution is 2.35. The third-order valence-electron chi connectivity index (χ3n) is 6.14. The highest BCUT2D eigenvalue weighted by molar-refractivity contribution is 5.00. The predicted octanol–water partition coefficient (Wildman–Crippen LogP) is 0.652. The van der Waals surface area contributed by atoms with Crippen molar-refractivity contribution in [3.63, 3.8) is 0 Å². The molecule has 0 spiro atoms. The Bertz CT molecular complexity index is 397. The van der Waals surface area contributed by atoms with Crippen LogP contribution in [0.4, 0.5) is 0 Å². The Morgan fingerprint density at radius 1 is 1.04 bits per heavy atom. The molecule has 23 heavy (non-hydrogen) atoms. The molecule has 6 unspecified atom stereocenters. The van der Waals surface area contributed by atoms with E-state index in [1.165, 1.54) is 19.3 Å². The lowest BCUT2D eigenvalue weighted by Gasteiger charge is -2.34. The van der Waals surface area contributed by atoms with Crippen LogP contribution in [0.1, 0.15) is 39.0 Å². The maximum Gasteiger partial charge on any atom is 0.0579 e. The maximum absolute atomic E-state index is 6.17. The zero-order valence-electron chi connectivity index (χ0n) is 14.3. The van der Waals surface area contributed by atoms with Crippen molar-refractivity contribution in [1.82, 2.24) is 21.3 Å². The lowest BCUT2D eigenvalue weighted by molar-refractivity contribution is -0.0122. The van der Waals surface area contributed by atoms with Crippen molar-refractivity contribution >= 4 is 0 Å². The maximum atomic E-state index is 6.17. The quantitative estimate of drug-likeness (QED) is 0.608. The number of hydrogen-bond donors (Lipinski definition) is 3. The molecule has 1 saturated carbocycles. The minimum absolute atomic E-state index is 0.329. The molecule has 3 heterocycles. The number of ether oxygens (including phenoxy) is 2. The number of fused-ring (bicyclic) bond motifs is 4. The van der Waals surface area contributed by atoms with E-state index in [0.29, 0.717) is 36.1 Å². The zero-order chi connectivity index (χ0) is 15.6. The lowest BCUT2D eigenvalue weighted by Crippen LogP contribution is -2.42. The molecule has 0 radical (unpaired) electrons. The molecule has 0 amide bonds. The summed E-state index contributed by atoms with van der Waals surface area (Å²) < 4.78 is 12.1. The molecule has 3 N–H and O–H groups in total. The molecule has 6 heteroatoms. The van der Waals surface area contributed by atoms with Gasteiger partial charge >= 0.3 is 0 Å². The van der Waals surface area contributed by atoms with Crippen LogP contribution in [0.25, 0.3) is 0 Å². The molecule has 4 bridgehead atoms. The molecular formula is C17H32N4O2. The summed E-state index contributed by atoms with van der Waals surface area (Å²) in [6, 6.07) is 1.20. The minimum atomic E-state index is 0.329. The van der Waals surface area contributed by atoms with Crippen LogP contribution in [0.3, 0.4) is 0 Å². The first-order chi connectivity index (χ1) is 11.3. The zero-order valence-corrected chi connectivity index (χ0v) is 14.3. The average Bonchev–Trinajstić information content (AvgIpc) is 3.17. The summed E-state index contributed by atoms with van der Waals surface area (Å²) in [5.41, 5.74) is 10.8. The summed E-state index contributed by atoms with van der Waals surface area (Å²) in [5.74, 6) is 1.39. The Morgan fingerprint density at radius 3 is 2.91 bits per heavy atom. The Kier molecular flexibility index (Phi) is 5.18. The molecule has 4 rings (SSSR count). The van der Waals surface area contributed by atoms with Crippen LogP contribution >= 0.6 is 0 Å². The van der Waals surface area contributed by atoms with Gasteiger partial charge in [0.05, 0.1) is 12.2 Å². The summed E-state index contributed by atoms with van der Waals surface area (Å²) >= 11 is 0. The Balaban J connectivity index is 1.44. The van der Waals surface area contributed by atoms with E-state index in [9.17, 15) is 0 Å². The molecular weight excluding hydrogens is 292 g/mol. The summed E-state index contributed by atoms with van der Waals surface area (Å²) in [6.07, 6.45) is 6.49. The summed E-state index contributed by atoms with van der Waals surface area (Å²) in [6.45, 7) is 7.15. The highest BCUT2D eigenvalue weighted by atomic mass is 16.5. The van der Waals surface area contributed by atoms with Crippen LogP contribution in [-0.2, 0) is 9.47 Å². The number of hydrazine groups is 2. The van der Waals surface area contributed by atoms with Gasteiger partial charge in [-0.3, -0.25) is 16.3 Å². The number of nitrogens with zero attached hydrogens (tertiary/aromatic N) is 1. The predicted molar refractivity (Wildman–Crippen MR) is 88.6 cm³/mol. The number of hydrogen-bond acceptors (Lipinski definition) is 6. The second kappa shape index (κ2) is 7.33. The van der Waals surface area contributed by atoms with Crippen molar-refractivity contribution in [2.24, 2.45) is 11.8 Å². The fourth-order valence-corrected chi connectivity index (χ4v) is 4.75. The molecule has 6 nitrogen and oxygen atoms in total. The van der Waals surface area contributed by atoms with Gasteiger partial charge in [-0.05, 0) is 44.9 Å². The lowest BCUT2D eigenvalue weighted by atomic mass is 9.76. The normalized spacial score (nSPS) is 48.7. The second-order valence-corrected chi connectivity index (χ2v) is 7.78. The van der Waals surface area contributed by atoms with E-state index in [2.05, 4.69) is 28.2 Å². The van der Waals surface area contributed by atoms with E-state index in [1.807, 2.05) is 0 Å². The Morgan fingerprint density at radius 2 is 1.96 bits per heavy atom. The first-order valence-electron chi connectivity index (χ1n) is 9.52. The Hall–Kier alpha value is -0.240.